The van der Waals surface area contributed by atoms with Crippen LogP contribution in [0, 0.1) is 13.8 Å². The van der Waals surface area contributed by atoms with Gasteiger partial charge in [-0.1, -0.05) is 42.8 Å². The highest BCUT2D eigenvalue weighted by Gasteiger charge is 2.30. The van der Waals surface area contributed by atoms with Crippen molar-refractivity contribution in [1.29, 1.82) is 0 Å². The molecule has 1 N–H and O–H groups in total. The zero-order valence-corrected chi connectivity index (χ0v) is 23.1. The molecular formula is C28H34N2O4S2. The van der Waals surface area contributed by atoms with Crippen LogP contribution in [0.4, 0.5) is 5.69 Å². The van der Waals surface area contributed by atoms with Crippen LogP contribution in [0.15, 0.2) is 76.5 Å². The van der Waals surface area contributed by atoms with Gasteiger partial charge in [-0.15, -0.1) is 11.8 Å². The Morgan fingerprint density at radius 3 is 2.33 bits per heavy atom. The van der Waals surface area contributed by atoms with E-state index in [0.29, 0.717) is 24.5 Å². The minimum absolute atomic E-state index is 0.112. The standard InChI is InChI=1S/C28H34N2O4S2/c1-6-25(24-17-12-20(3)18-21(24)4)29-28(31)19-30(26-10-8-9-11-27(26)34-7-2)36(32,33)23-15-13-22(35-5)14-16-23/h8-18,25H,6-7,19H2,1-5H3,(H,29,31). The molecule has 6 nitrogen and oxygen atoms in total. The molecule has 0 bridgehead atoms. The maximum absolute atomic E-state index is 13.8. The van der Waals surface area contributed by atoms with Gasteiger partial charge in [0.1, 0.15) is 12.3 Å². The van der Waals surface area contributed by atoms with Crippen LogP contribution in [0.5, 0.6) is 5.75 Å². The SMILES string of the molecule is CCOc1ccccc1N(CC(=O)NC(CC)c1ccc(C)cc1C)S(=O)(=O)c1ccc(SC)cc1. The van der Waals surface area contributed by atoms with Gasteiger partial charge >= 0.3 is 0 Å². The third-order valence-corrected chi connectivity index (χ3v) is 8.43. The van der Waals surface area contributed by atoms with Crippen LogP contribution in [-0.2, 0) is 14.8 Å². The summed E-state index contributed by atoms with van der Waals surface area (Å²) in [6.07, 6.45) is 2.60. The fraction of sp³-hybridized carbons (Fsp3) is 0.321. The van der Waals surface area contributed by atoms with Crippen LogP contribution in [0.1, 0.15) is 43.0 Å². The summed E-state index contributed by atoms with van der Waals surface area (Å²) in [5.41, 5.74) is 3.58. The van der Waals surface area contributed by atoms with Crippen molar-refractivity contribution in [2.45, 2.75) is 49.9 Å². The normalized spacial score (nSPS) is 12.1. The Balaban J connectivity index is 1.98. The maximum Gasteiger partial charge on any atom is 0.264 e. The van der Waals surface area contributed by atoms with E-state index in [1.54, 1.807) is 48.5 Å². The third-order valence-electron chi connectivity index (χ3n) is 5.91. The largest absolute Gasteiger partial charge is 0.492 e. The van der Waals surface area contributed by atoms with E-state index in [-0.39, 0.29) is 17.5 Å². The molecule has 0 radical (unpaired) electrons. The van der Waals surface area contributed by atoms with Crippen molar-refractivity contribution in [1.82, 2.24) is 5.32 Å². The third kappa shape index (κ3) is 6.42. The molecule has 1 atom stereocenters. The maximum atomic E-state index is 13.8. The van der Waals surface area contributed by atoms with E-state index in [0.717, 1.165) is 25.9 Å². The molecule has 0 saturated heterocycles. The number of nitrogens with one attached hydrogen (secondary N) is 1. The Morgan fingerprint density at radius 2 is 1.72 bits per heavy atom. The van der Waals surface area contributed by atoms with Gasteiger partial charge in [0, 0.05) is 4.90 Å². The molecule has 0 aromatic heterocycles. The van der Waals surface area contributed by atoms with Crippen LogP contribution in [0.2, 0.25) is 0 Å². The van der Waals surface area contributed by atoms with Crippen molar-refractivity contribution < 1.29 is 17.9 Å². The monoisotopic (exact) mass is 526 g/mol. The highest BCUT2D eigenvalue weighted by atomic mass is 32.2. The van der Waals surface area contributed by atoms with E-state index in [9.17, 15) is 13.2 Å². The molecule has 0 heterocycles. The minimum Gasteiger partial charge on any atom is -0.492 e. The molecule has 0 aliphatic rings. The van der Waals surface area contributed by atoms with Crippen LogP contribution < -0.4 is 14.4 Å². The molecule has 3 aromatic carbocycles. The van der Waals surface area contributed by atoms with E-state index < -0.39 is 15.9 Å². The van der Waals surface area contributed by atoms with Crippen molar-refractivity contribution in [3.05, 3.63) is 83.4 Å². The van der Waals surface area contributed by atoms with Gasteiger partial charge in [-0.2, -0.15) is 0 Å². The number of sulfonamides is 1. The topological polar surface area (TPSA) is 75.7 Å². The minimum atomic E-state index is -4.05. The summed E-state index contributed by atoms with van der Waals surface area (Å²) >= 11 is 1.53. The average Bonchev–Trinajstić information content (AvgIpc) is 2.87. The summed E-state index contributed by atoms with van der Waals surface area (Å²) in [6, 6.07) is 19.4. The molecule has 1 unspecified atom stereocenters. The number of thioether (sulfide) groups is 1. The first-order valence-corrected chi connectivity index (χ1v) is 14.6. The van der Waals surface area contributed by atoms with Gasteiger partial charge in [0.15, 0.2) is 0 Å². The predicted octanol–water partition coefficient (Wildman–Crippen LogP) is 5.89. The van der Waals surface area contributed by atoms with E-state index in [2.05, 4.69) is 11.4 Å². The van der Waals surface area contributed by atoms with Crippen LogP contribution in [0.25, 0.3) is 0 Å². The van der Waals surface area contributed by atoms with Crippen molar-refractivity contribution in [2.24, 2.45) is 0 Å². The molecular weight excluding hydrogens is 492 g/mol. The molecule has 8 heteroatoms. The average molecular weight is 527 g/mol. The lowest BCUT2D eigenvalue weighted by Crippen LogP contribution is -2.42. The highest BCUT2D eigenvalue weighted by Crippen LogP contribution is 2.33. The Labute approximate surface area is 219 Å². The number of carbonyl (C=O) groups excluding carboxylic acids is 1. The quantitative estimate of drug-likeness (QED) is 0.316. The van der Waals surface area contributed by atoms with Crippen molar-refractivity contribution >= 4 is 33.4 Å². The highest BCUT2D eigenvalue weighted by molar-refractivity contribution is 7.98. The second kappa shape index (κ2) is 12.3. The number of rotatable bonds is 11. The first-order chi connectivity index (χ1) is 17.2. The summed E-state index contributed by atoms with van der Waals surface area (Å²) in [5.74, 6) is 0.0102. The molecule has 3 aromatic rings. The van der Waals surface area contributed by atoms with Crippen LogP contribution in [-0.4, -0.2) is 33.7 Å². The fourth-order valence-electron chi connectivity index (χ4n) is 4.10. The second-order valence-electron chi connectivity index (χ2n) is 8.48. The Morgan fingerprint density at radius 1 is 1.03 bits per heavy atom. The number of hydrogen-bond donors (Lipinski definition) is 1. The Bertz CT molecular complexity index is 1290. The number of aryl methyl sites for hydroxylation is 2. The number of para-hydroxylation sites is 2. The van der Waals surface area contributed by atoms with Crippen molar-refractivity contribution in [3.63, 3.8) is 0 Å². The number of ether oxygens (including phenoxy) is 1. The van der Waals surface area contributed by atoms with Gasteiger partial charge in [0.05, 0.1) is 23.2 Å². The number of hydrogen-bond acceptors (Lipinski definition) is 5. The molecule has 36 heavy (non-hydrogen) atoms. The molecule has 0 fully saturated rings. The number of carbonyl (C=O) groups is 1. The molecule has 3 rings (SSSR count). The summed E-state index contributed by atoms with van der Waals surface area (Å²) in [5, 5.41) is 3.05. The Kier molecular flexibility index (Phi) is 9.45. The number of nitrogens with zero attached hydrogens (tertiary/aromatic N) is 1. The lowest BCUT2D eigenvalue weighted by atomic mass is 9.97. The molecule has 192 valence electrons. The fourth-order valence-corrected chi connectivity index (χ4v) is 5.94. The number of anilines is 1. The summed E-state index contributed by atoms with van der Waals surface area (Å²) in [4.78, 5) is 14.4. The molecule has 1 amide bonds. The molecule has 0 saturated carbocycles. The van der Waals surface area contributed by atoms with Crippen molar-refractivity contribution in [2.75, 3.05) is 23.7 Å². The summed E-state index contributed by atoms with van der Waals surface area (Å²) < 4.78 is 34.5. The summed E-state index contributed by atoms with van der Waals surface area (Å²) in [7, 11) is -4.05. The van der Waals surface area contributed by atoms with E-state index in [1.165, 1.54) is 11.8 Å². The smallest absolute Gasteiger partial charge is 0.264 e. The first kappa shape index (κ1) is 27.6. The lowest BCUT2D eigenvalue weighted by molar-refractivity contribution is -0.120. The van der Waals surface area contributed by atoms with E-state index >= 15 is 0 Å². The van der Waals surface area contributed by atoms with Gasteiger partial charge in [-0.3, -0.25) is 9.10 Å². The number of amides is 1. The van der Waals surface area contributed by atoms with Crippen molar-refractivity contribution in [3.8, 4) is 5.75 Å². The summed E-state index contributed by atoms with van der Waals surface area (Å²) in [6.45, 7) is 7.86. The lowest BCUT2D eigenvalue weighted by Gasteiger charge is -2.27. The van der Waals surface area contributed by atoms with E-state index in [1.807, 2.05) is 46.1 Å². The van der Waals surface area contributed by atoms with Gasteiger partial charge in [0.25, 0.3) is 10.0 Å². The van der Waals surface area contributed by atoms with Crippen LogP contribution in [0.3, 0.4) is 0 Å². The van der Waals surface area contributed by atoms with E-state index in [4.69, 9.17) is 4.74 Å². The predicted molar refractivity (Wildman–Crippen MR) is 147 cm³/mol. The Hall–Kier alpha value is -2.97. The second-order valence-corrected chi connectivity index (χ2v) is 11.2. The van der Waals surface area contributed by atoms with Crippen LogP contribution >= 0.6 is 11.8 Å². The molecule has 0 spiro atoms. The molecule has 0 aliphatic carbocycles. The zero-order valence-electron chi connectivity index (χ0n) is 21.4. The zero-order chi connectivity index (χ0) is 26.3. The van der Waals surface area contributed by atoms with Gasteiger partial charge in [-0.05, 0) is 81.0 Å². The van der Waals surface area contributed by atoms with Gasteiger partial charge < -0.3 is 10.1 Å². The van der Waals surface area contributed by atoms with Gasteiger partial charge in [-0.25, -0.2) is 8.42 Å². The first-order valence-electron chi connectivity index (χ1n) is 12.0. The van der Waals surface area contributed by atoms with Gasteiger partial charge in [0.2, 0.25) is 5.91 Å². The number of benzene rings is 3. The molecule has 0 aliphatic heterocycles.